The number of nitrogens with zero attached hydrogens (tertiary/aromatic N) is 4. The molecule has 0 atom stereocenters. The fraction of sp³-hybridized carbons (Fsp3) is 0.375. The number of fused-ring (bicyclic) bond motifs is 2. The molecule has 0 saturated carbocycles. The minimum Gasteiger partial charge on any atom is -0.497 e. The first-order valence-electron chi connectivity index (χ1n) is 10.9. The lowest BCUT2D eigenvalue weighted by atomic mass is 10.1. The molecule has 1 aromatic heterocycles. The number of ether oxygens (including phenoxy) is 1. The Bertz CT molecular complexity index is 1180. The van der Waals surface area contributed by atoms with Gasteiger partial charge in [-0.3, -0.25) is 14.2 Å². The fourth-order valence-electron chi connectivity index (χ4n) is 4.52. The number of rotatable bonds is 3. The Hall–Kier alpha value is -3.35. The van der Waals surface area contributed by atoms with Crippen LogP contribution in [0.5, 0.6) is 5.75 Å². The molecule has 0 radical (unpaired) electrons. The van der Waals surface area contributed by atoms with Crippen LogP contribution in [0.1, 0.15) is 29.0 Å². The van der Waals surface area contributed by atoms with Gasteiger partial charge in [0.05, 0.1) is 18.0 Å². The number of benzene rings is 2. The van der Waals surface area contributed by atoms with Crippen molar-refractivity contribution in [3.63, 3.8) is 0 Å². The Balaban J connectivity index is 1.32. The molecule has 1 fully saturated rings. The number of anilines is 1. The molecular formula is C24H26N4O3. The average molecular weight is 418 g/mol. The molecule has 0 spiro atoms. The Labute approximate surface area is 180 Å². The number of carbonyl (C=O) groups excluding carboxylic acids is 1. The number of aromatic nitrogens is 2. The molecule has 31 heavy (non-hydrogen) atoms. The van der Waals surface area contributed by atoms with Gasteiger partial charge in [-0.05, 0) is 55.3 Å². The van der Waals surface area contributed by atoms with Crippen LogP contribution in [0.15, 0.2) is 47.3 Å². The summed E-state index contributed by atoms with van der Waals surface area (Å²) in [4.78, 5) is 34.8. The molecule has 0 aliphatic carbocycles. The zero-order chi connectivity index (χ0) is 21.4. The van der Waals surface area contributed by atoms with Crippen LogP contribution in [0.4, 0.5) is 5.69 Å². The predicted octanol–water partition coefficient (Wildman–Crippen LogP) is 2.70. The summed E-state index contributed by atoms with van der Waals surface area (Å²) in [5.74, 6) is 1.67. The van der Waals surface area contributed by atoms with E-state index in [2.05, 4.69) is 4.90 Å². The van der Waals surface area contributed by atoms with Crippen molar-refractivity contribution >= 4 is 22.5 Å². The molecule has 7 heteroatoms. The van der Waals surface area contributed by atoms with Gasteiger partial charge in [-0.15, -0.1) is 0 Å². The van der Waals surface area contributed by atoms with Gasteiger partial charge in [0.2, 0.25) is 0 Å². The van der Waals surface area contributed by atoms with Crippen LogP contribution in [-0.2, 0) is 13.0 Å². The van der Waals surface area contributed by atoms with E-state index in [0.29, 0.717) is 29.6 Å². The van der Waals surface area contributed by atoms with Crippen molar-refractivity contribution in [3.05, 3.63) is 64.2 Å². The van der Waals surface area contributed by atoms with Gasteiger partial charge >= 0.3 is 0 Å². The first-order valence-corrected chi connectivity index (χ1v) is 10.9. The molecule has 7 nitrogen and oxygen atoms in total. The third-order valence-corrected chi connectivity index (χ3v) is 6.32. The van der Waals surface area contributed by atoms with E-state index in [1.54, 1.807) is 29.9 Å². The highest BCUT2D eigenvalue weighted by Crippen LogP contribution is 2.22. The zero-order valence-corrected chi connectivity index (χ0v) is 17.7. The van der Waals surface area contributed by atoms with Crippen LogP contribution in [0, 0.1) is 0 Å². The highest BCUT2D eigenvalue weighted by Gasteiger charge is 2.23. The van der Waals surface area contributed by atoms with Crippen molar-refractivity contribution < 1.29 is 9.53 Å². The topological polar surface area (TPSA) is 67.7 Å². The van der Waals surface area contributed by atoms with E-state index in [0.717, 1.165) is 56.2 Å². The van der Waals surface area contributed by atoms with E-state index in [1.165, 1.54) is 0 Å². The molecule has 0 unspecified atom stereocenters. The van der Waals surface area contributed by atoms with Gasteiger partial charge in [0, 0.05) is 50.4 Å². The van der Waals surface area contributed by atoms with Crippen LogP contribution in [-0.4, -0.2) is 53.6 Å². The van der Waals surface area contributed by atoms with Crippen molar-refractivity contribution in [2.45, 2.75) is 25.8 Å². The van der Waals surface area contributed by atoms with Gasteiger partial charge in [-0.25, -0.2) is 4.98 Å². The molecule has 5 rings (SSSR count). The lowest BCUT2D eigenvalue weighted by molar-refractivity contribution is 0.0747. The van der Waals surface area contributed by atoms with Crippen molar-refractivity contribution in [2.24, 2.45) is 0 Å². The summed E-state index contributed by atoms with van der Waals surface area (Å²) < 4.78 is 7.01. The Kier molecular flexibility index (Phi) is 5.10. The highest BCUT2D eigenvalue weighted by atomic mass is 16.5. The second-order valence-corrected chi connectivity index (χ2v) is 8.15. The fourth-order valence-corrected chi connectivity index (χ4v) is 4.52. The number of carbonyl (C=O) groups is 1. The largest absolute Gasteiger partial charge is 0.497 e. The monoisotopic (exact) mass is 418 g/mol. The zero-order valence-electron chi connectivity index (χ0n) is 17.7. The Morgan fingerprint density at radius 3 is 2.48 bits per heavy atom. The minimum atomic E-state index is -0.00379. The summed E-state index contributed by atoms with van der Waals surface area (Å²) in [6.45, 7) is 3.60. The summed E-state index contributed by atoms with van der Waals surface area (Å²) in [6.07, 6.45) is 2.88. The molecule has 2 aliphatic heterocycles. The van der Waals surface area contributed by atoms with Crippen LogP contribution < -0.4 is 15.2 Å². The maximum atomic E-state index is 13.1. The van der Waals surface area contributed by atoms with Gasteiger partial charge < -0.3 is 14.5 Å². The molecule has 1 amide bonds. The lowest BCUT2D eigenvalue weighted by Crippen LogP contribution is -2.48. The van der Waals surface area contributed by atoms with Gasteiger partial charge in [-0.1, -0.05) is 0 Å². The molecule has 3 aromatic rings. The summed E-state index contributed by atoms with van der Waals surface area (Å²) in [7, 11) is 1.66. The molecule has 3 heterocycles. The number of aryl methyl sites for hydroxylation is 1. The quantitative estimate of drug-likeness (QED) is 0.654. The van der Waals surface area contributed by atoms with Gasteiger partial charge in [0.15, 0.2) is 0 Å². The lowest BCUT2D eigenvalue weighted by Gasteiger charge is -2.36. The van der Waals surface area contributed by atoms with E-state index in [4.69, 9.17) is 9.72 Å². The SMILES string of the molecule is COc1ccc(N2CCN(C(=O)c3ccc4c(=O)n5c(nc4c3)CCCC5)CC2)cc1. The second kappa shape index (κ2) is 8.06. The maximum absolute atomic E-state index is 13.1. The number of hydrogen-bond acceptors (Lipinski definition) is 5. The second-order valence-electron chi connectivity index (χ2n) is 8.15. The van der Waals surface area contributed by atoms with Crippen molar-refractivity contribution in [1.82, 2.24) is 14.5 Å². The highest BCUT2D eigenvalue weighted by molar-refractivity contribution is 5.97. The van der Waals surface area contributed by atoms with E-state index in [1.807, 2.05) is 29.2 Å². The summed E-state index contributed by atoms with van der Waals surface area (Å²) in [5.41, 5.74) is 2.36. The van der Waals surface area contributed by atoms with Crippen LogP contribution in [0.25, 0.3) is 10.9 Å². The summed E-state index contributed by atoms with van der Waals surface area (Å²) in [5, 5.41) is 0.589. The molecular weight excluding hydrogens is 392 g/mol. The molecule has 0 bridgehead atoms. The number of amides is 1. The third kappa shape index (κ3) is 3.65. The first-order chi connectivity index (χ1) is 15.1. The number of piperazine rings is 1. The van der Waals surface area contributed by atoms with Gasteiger partial charge in [-0.2, -0.15) is 0 Å². The van der Waals surface area contributed by atoms with Crippen LogP contribution >= 0.6 is 0 Å². The number of methoxy groups -OCH3 is 1. The number of hydrogen-bond donors (Lipinski definition) is 0. The normalized spacial score (nSPS) is 16.3. The molecule has 1 saturated heterocycles. The van der Waals surface area contributed by atoms with Crippen molar-refractivity contribution in [1.29, 1.82) is 0 Å². The maximum Gasteiger partial charge on any atom is 0.261 e. The predicted molar refractivity (Wildman–Crippen MR) is 120 cm³/mol. The molecule has 2 aromatic carbocycles. The van der Waals surface area contributed by atoms with E-state index in [9.17, 15) is 9.59 Å². The molecule has 0 N–H and O–H groups in total. The van der Waals surface area contributed by atoms with Crippen LogP contribution in [0.3, 0.4) is 0 Å². The minimum absolute atomic E-state index is 0.00379. The Morgan fingerprint density at radius 1 is 0.968 bits per heavy atom. The van der Waals surface area contributed by atoms with Gasteiger partial charge in [0.25, 0.3) is 11.5 Å². The first kappa shape index (κ1) is 19.6. The van der Waals surface area contributed by atoms with E-state index >= 15 is 0 Å². The standard InChI is InChI=1S/C24H26N4O3/c1-31-19-8-6-18(7-9-19)26-12-14-27(15-13-26)23(29)17-5-10-20-21(16-17)25-22-4-2-3-11-28(22)24(20)30/h5-10,16H,2-4,11-15H2,1H3. The van der Waals surface area contributed by atoms with E-state index in [-0.39, 0.29) is 11.5 Å². The molecule has 160 valence electrons. The molecule has 2 aliphatic rings. The van der Waals surface area contributed by atoms with E-state index < -0.39 is 0 Å². The average Bonchev–Trinajstić information content (AvgIpc) is 2.83. The third-order valence-electron chi connectivity index (χ3n) is 6.32. The Morgan fingerprint density at radius 2 is 1.74 bits per heavy atom. The van der Waals surface area contributed by atoms with Gasteiger partial charge in [0.1, 0.15) is 11.6 Å². The smallest absolute Gasteiger partial charge is 0.261 e. The summed E-state index contributed by atoms with van der Waals surface area (Å²) in [6, 6.07) is 13.3. The van der Waals surface area contributed by atoms with Crippen molar-refractivity contribution in [3.8, 4) is 5.75 Å². The van der Waals surface area contributed by atoms with Crippen molar-refractivity contribution in [2.75, 3.05) is 38.2 Å². The van der Waals surface area contributed by atoms with Crippen LogP contribution in [0.2, 0.25) is 0 Å². The summed E-state index contributed by atoms with van der Waals surface area (Å²) >= 11 is 0.